The number of methoxy groups -OCH3 is 1. The molecule has 2 aliphatic rings. The number of rotatable bonds is 4. The Morgan fingerprint density at radius 1 is 1.03 bits per heavy atom. The van der Waals surface area contributed by atoms with Gasteiger partial charge < -0.3 is 14.4 Å². The second-order valence-electron chi connectivity index (χ2n) is 8.89. The molecule has 2 aromatic rings. The van der Waals surface area contributed by atoms with Crippen LogP contribution < -0.4 is 4.74 Å². The molecule has 0 radical (unpaired) electrons. The molecule has 0 unspecified atom stereocenters. The standard InChI is InChI=1S/C26H31NO3/c1-26(2,25(28)29-3)14-17-27-15-12-19(13-16-27)24-21-9-5-4-8-20(21)18-30-23-11-7-6-10-22(23)24/h4-11H,12-18H2,1-3H3. The molecule has 0 aromatic heterocycles. The molecule has 0 spiro atoms. The largest absolute Gasteiger partial charge is 0.488 e. The smallest absolute Gasteiger partial charge is 0.311 e. The molecule has 2 heterocycles. The number of likely N-dealkylation sites (tertiary alicyclic amines) is 1. The fourth-order valence-corrected chi connectivity index (χ4v) is 4.48. The normalized spacial score (nSPS) is 16.9. The third-order valence-corrected chi connectivity index (χ3v) is 6.43. The Morgan fingerprint density at radius 3 is 2.43 bits per heavy atom. The number of ether oxygens (including phenoxy) is 2. The fraction of sp³-hybridized carbons (Fsp3) is 0.423. The van der Waals surface area contributed by atoms with Crippen LogP contribution in [0, 0.1) is 5.41 Å². The molecule has 158 valence electrons. The van der Waals surface area contributed by atoms with Crippen molar-refractivity contribution in [3.05, 3.63) is 70.8 Å². The summed E-state index contributed by atoms with van der Waals surface area (Å²) in [6, 6.07) is 17.0. The van der Waals surface area contributed by atoms with Crippen LogP contribution in [0.2, 0.25) is 0 Å². The third-order valence-electron chi connectivity index (χ3n) is 6.43. The van der Waals surface area contributed by atoms with E-state index >= 15 is 0 Å². The SMILES string of the molecule is COC(=O)C(C)(C)CCN1CCC(=C2c3ccccc3COc3ccccc32)CC1. The van der Waals surface area contributed by atoms with E-state index in [1.807, 2.05) is 19.9 Å². The maximum Gasteiger partial charge on any atom is 0.311 e. The molecule has 0 saturated carbocycles. The van der Waals surface area contributed by atoms with Crippen LogP contribution >= 0.6 is 0 Å². The van der Waals surface area contributed by atoms with Gasteiger partial charge in [-0.25, -0.2) is 0 Å². The minimum absolute atomic E-state index is 0.131. The van der Waals surface area contributed by atoms with Gasteiger partial charge in [0.05, 0.1) is 12.5 Å². The summed E-state index contributed by atoms with van der Waals surface area (Å²) in [7, 11) is 1.47. The monoisotopic (exact) mass is 405 g/mol. The van der Waals surface area contributed by atoms with Gasteiger partial charge in [-0.3, -0.25) is 4.79 Å². The highest BCUT2D eigenvalue weighted by molar-refractivity contribution is 5.87. The summed E-state index contributed by atoms with van der Waals surface area (Å²) < 4.78 is 11.1. The number of fused-ring (bicyclic) bond motifs is 2. The summed E-state index contributed by atoms with van der Waals surface area (Å²) in [5.74, 6) is 0.840. The Morgan fingerprint density at radius 2 is 1.70 bits per heavy atom. The molecule has 0 atom stereocenters. The molecule has 4 heteroatoms. The van der Waals surface area contributed by atoms with Crippen molar-refractivity contribution in [3.63, 3.8) is 0 Å². The molecule has 1 saturated heterocycles. The molecule has 30 heavy (non-hydrogen) atoms. The number of esters is 1. The van der Waals surface area contributed by atoms with E-state index in [-0.39, 0.29) is 5.97 Å². The molecule has 0 amide bonds. The molecule has 0 N–H and O–H groups in total. The summed E-state index contributed by atoms with van der Waals surface area (Å²) in [5, 5.41) is 0. The van der Waals surface area contributed by atoms with Crippen LogP contribution in [0.5, 0.6) is 5.75 Å². The van der Waals surface area contributed by atoms with Gasteiger partial charge in [-0.1, -0.05) is 48.0 Å². The first kappa shape index (κ1) is 20.7. The Kier molecular flexibility index (Phi) is 5.96. The lowest BCUT2D eigenvalue weighted by Gasteiger charge is -2.32. The quantitative estimate of drug-likeness (QED) is 0.666. The average Bonchev–Trinajstić information content (AvgIpc) is 2.94. The van der Waals surface area contributed by atoms with Crippen LogP contribution in [-0.4, -0.2) is 37.6 Å². The van der Waals surface area contributed by atoms with Crippen LogP contribution in [0.1, 0.15) is 49.8 Å². The van der Waals surface area contributed by atoms with E-state index in [0.717, 1.165) is 44.6 Å². The first-order valence-corrected chi connectivity index (χ1v) is 10.8. The number of carbonyl (C=O) groups is 1. The number of piperidine rings is 1. The van der Waals surface area contributed by atoms with Gasteiger partial charge in [0.25, 0.3) is 0 Å². The van der Waals surface area contributed by atoms with Gasteiger partial charge >= 0.3 is 5.97 Å². The molecule has 1 fully saturated rings. The number of carbonyl (C=O) groups excluding carboxylic acids is 1. The lowest BCUT2D eigenvalue weighted by molar-refractivity contribution is -0.151. The van der Waals surface area contributed by atoms with E-state index in [2.05, 4.69) is 47.4 Å². The Balaban J connectivity index is 1.56. The van der Waals surface area contributed by atoms with Crippen molar-refractivity contribution in [1.82, 2.24) is 4.90 Å². The van der Waals surface area contributed by atoms with Gasteiger partial charge in [0.1, 0.15) is 12.4 Å². The Bertz CT molecular complexity index is 901. The van der Waals surface area contributed by atoms with Gasteiger partial charge in [0.2, 0.25) is 0 Å². The molecule has 2 aromatic carbocycles. The first-order chi connectivity index (χ1) is 14.5. The van der Waals surface area contributed by atoms with Crippen LogP contribution in [0.3, 0.4) is 0 Å². The first-order valence-electron chi connectivity index (χ1n) is 10.8. The maximum atomic E-state index is 12.0. The predicted octanol–water partition coefficient (Wildman–Crippen LogP) is 5.07. The van der Waals surface area contributed by atoms with E-state index in [0.29, 0.717) is 6.61 Å². The van der Waals surface area contributed by atoms with E-state index in [9.17, 15) is 4.79 Å². The van der Waals surface area contributed by atoms with Crippen LogP contribution in [0.25, 0.3) is 5.57 Å². The van der Waals surface area contributed by atoms with Crippen LogP contribution in [-0.2, 0) is 16.1 Å². The zero-order chi connectivity index (χ0) is 21.1. The third kappa shape index (κ3) is 4.15. The molecule has 0 aliphatic carbocycles. The van der Waals surface area contributed by atoms with Crippen molar-refractivity contribution >= 4 is 11.5 Å². The average molecular weight is 406 g/mol. The molecular formula is C26H31NO3. The summed E-state index contributed by atoms with van der Waals surface area (Å²) in [5.41, 5.74) is 6.18. The minimum atomic E-state index is -0.440. The Hall–Kier alpha value is -2.59. The summed E-state index contributed by atoms with van der Waals surface area (Å²) in [6.07, 6.45) is 2.89. The topological polar surface area (TPSA) is 38.8 Å². The maximum absolute atomic E-state index is 12.0. The van der Waals surface area contributed by atoms with Gasteiger partial charge in [-0.2, -0.15) is 0 Å². The summed E-state index contributed by atoms with van der Waals surface area (Å²) >= 11 is 0. The van der Waals surface area contributed by atoms with E-state index in [1.54, 1.807) is 0 Å². The lowest BCUT2D eigenvalue weighted by Crippen LogP contribution is -2.36. The predicted molar refractivity (Wildman–Crippen MR) is 119 cm³/mol. The van der Waals surface area contributed by atoms with E-state index in [4.69, 9.17) is 9.47 Å². The second kappa shape index (κ2) is 8.65. The van der Waals surface area contributed by atoms with Crippen molar-refractivity contribution in [1.29, 1.82) is 0 Å². The fourth-order valence-electron chi connectivity index (χ4n) is 4.48. The molecule has 2 aliphatic heterocycles. The minimum Gasteiger partial charge on any atom is -0.488 e. The molecule has 0 bridgehead atoms. The van der Waals surface area contributed by atoms with Crippen molar-refractivity contribution in [2.45, 2.75) is 39.7 Å². The van der Waals surface area contributed by atoms with Crippen LogP contribution in [0.15, 0.2) is 54.1 Å². The zero-order valence-electron chi connectivity index (χ0n) is 18.2. The van der Waals surface area contributed by atoms with Crippen molar-refractivity contribution in [2.24, 2.45) is 5.41 Å². The van der Waals surface area contributed by atoms with Gasteiger partial charge in [-0.05, 0) is 62.4 Å². The number of nitrogens with zero attached hydrogens (tertiary/aromatic N) is 1. The zero-order valence-corrected chi connectivity index (χ0v) is 18.2. The number of para-hydroxylation sites is 1. The van der Waals surface area contributed by atoms with E-state index < -0.39 is 5.41 Å². The summed E-state index contributed by atoms with van der Waals surface area (Å²) in [4.78, 5) is 14.4. The number of hydrogen-bond donors (Lipinski definition) is 0. The number of benzene rings is 2. The van der Waals surface area contributed by atoms with Gasteiger partial charge in [-0.15, -0.1) is 0 Å². The van der Waals surface area contributed by atoms with Gasteiger partial charge in [0.15, 0.2) is 0 Å². The van der Waals surface area contributed by atoms with Crippen LogP contribution in [0.4, 0.5) is 0 Å². The lowest BCUT2D eigenvalue weighted by atomic mass is 9.86. The number of hydrogen-bond acceptors (Lipinski definition) is 4. The highest BCUT2D eigenvalue weighted by Gasteiger charge is 2.30. The van der Waals surface area contributed by atoms with E-state index in [1.165, 1.54) is 34.9 Å². The van der Waals surface area contributed by atoms with Crippen molar-refractivity contribution in [2.75, 3.05) is 26.7 Å². The highest BCUT2D eigenvalue weighted by atomic mass is 16.5. The van der Waals surface area contributed by atoms with Crippen molar-refractivity contribution < 1.29 is 14.3 Å². The highest BCUT2D eigenvalue weighted by Crippen LogP contribution is 2.40. The molecular weight excluding hydrogens is 374 g/mol. The molecule has 4 rings (SSSR count). The summed E-state index contributed by atoms with van der Waals surface area (Å²) in [6.45, 7) is 7.49. The molecule has 4 nitrogen and oxygen atoms in total. The second-order valence-corrected chi connectivity index (χ2v) is 8.89. The van der Waals surface area contributed by atoms with Gasteiger partial charge in [0, 0.05) is 18.7 Å². The van der Waals surface area contributed by atoms with Crippen molar-refractivity contribution in [3.8, 4) is 5.75 Å². The Labute approximate surface area is 179 Å².